The fraction of sp³-hybridized carbons (Fsp3) is 0.467. The van der Waals surface area contributed by atoms with E-state index in [0.29, 0.717) is 0 Å². The van der Waals surface area contributed by atoms with Gasteiger partial charge in [-0.15, -0.1) is 0 Å². The smallest absolute Gasteiger partial charge is 0.0942 e. The van der Waals surface area contributed by atoms with Crippen molar-refractivity contribution in [2.45, 2.75) is 34.1 Å². The summed E-state index contributed by atoms with van der Waals surface area (Å²) in [7, 11) is 0. The SMILES string of the molecule is CCCN1C=CN(c2c(C)cc(C)cc2C)C1. The molecular formula is C15H22N2. The van der Waals surface area contributed by atoms with Crippen LogP contribution in [0.4, 0.5) is 5.69 Å². The van der Waals surface area contributed by atoms with Crippen molar-refractivity contribution in [3.05, 3.63) is 41.2 Å². The van der Waals surface area contributed by atoms with E-state index in [1.807, 2.05) is 0 Å². The Hall–Kier alpha value is -1.44. The minimum absolute atomic E-state index is 0.985. The van der Waals surface area contributed by atoms with E-state index in [4.69, 9.17) is 0 Å². The number of rotatable bonds is 3. The lowest BCUT2D eigenvalue weighted by Crippen LogP contribution is -2.26. The maximum atomic E-state index is 2.36. The second-order valence-corrected chi connectivity index (χ2v) is 4.97. The van der Waals surface area contributed by atoms with Crippen LogP contribution < -0.4 is 4.90 Å². The predicted molar refractivity (Wildman–Crippen MR) is 74.1 cm³/mol. The zero-order valence-electron chi connectivity index (χ0n) is 11.3. The highest BCUT2D eigenvalue weighted by atomic mass is 15.3. The van der Waals surface area contributed by atoms with Gasteiger partial charge in [0.1, 0.15) is 0 Å². The van der Waals surface area contributed by atoms with Gasteiger partial charge in [0.05, 0.1) is 6.67 Å². The van der Waals surface area contributed by atoms with Gasteiger partial charge in [-0.05, 0) is 38.3 Å². The second-order valence-electron chi connectivity index (χ2n) is 4.97. The molecule has 2 heteroatoms. The molecule has 92 valence electrons. The molecule has 0 N–H and O–H groups in total. The number of hydrogen-bond donors (Lipinski definition) is 0. The number of hydrogen-bond acceptors (Lipinski definition) is 2. The van der Waals surface area contributed by atoms with Crippen LogP contribution in [0.3, 0.4) is 0 Å². The molecular weight excluding hydrogens is 208 g/mol. The van der Waals surface area contributed by atoms with E-state index in [0.717, 1.165) is 13.2 Å². The van der Waals surface area contributed by atoms with Gasteiger partial charge in [0.2, 0.25) is 0 Å². The largest absolute Gasteiger partial charge is 0.358 e. The molecule has 1 aliphatic heterocycles. The molecule has 0 amide bonds. The lowest BCUT2D eigenvalue weighted by atomic mass is 10.0. The van der Waals surface area contributed by atoms with Crippen LogP contribution in [0, 0.1) is 20.8 Å². The summed E-state index contributed by atoms with van der Waals surface area (Å²) in [6.45, 7) is 10.9. The van der Waals surface area contributed by atoms with E-state index in [9.17, 15) is 0 Å². The summed E-state index contributed by atoms with van der Waals surface area (Å²) < 4.78 is 0. The Balaban J connectivity index is 2.22. The third-order valence-corrected chi connectivity index (χ3v) is 3.22. The van der Waals surface area contributed by atoms with Crippen LogP contribution in [0.1, 0.15) is 30.0 Å². The first-order valence-electron chi connectivity index (χ1n) is 6.38. The maximum Gasteiger partial charge on any atom is 0.0942 e. The van der Waals surface area contributed by atoms with Gasteiger partial charge in [-0.2, -0.15) is 0 Å². The van der Waals surface area contributed by atoms with Gasteiger partial charge in [0, 0.05) is 24.6 Å². The highest BCUT2D eigenvalue weighted by molar-refractivity contribution is 5.62. The first-order chi connectivity index (χ1) is 8.11. The van der Waals surface area contributed by atoms with E-state index >= 15 is 0 Å². The molecule has 0 unspecified atom stereocenters. The van der Waals surface area contributed by atoms with Crippen LogP contribution in [0.2, 0.25) is 0 Å². The first kappa shape index (κ1) is 12.0. The molecule has 2 nitrogen and oxygen atoms in total. The molecule has 1 aromatic rings. The van der Waals surface area contributed by atoms with Crippen LogP contribution in [0.25, 0.3) is 0 Å². The Bertz CT molecular complexity index is 412. The predicted octanol–water partition coefficient (Wildman–Crippen LogP) is 3.57. The number of nitrogens with zero attached hydrogens (tertiary/aromatic N) is 2. The summed E-state index contributed by atoms with van der Waals surface area (Å²) in [6.07, 6.45) is 5.59. The molecule has 0 fully saturated rings. The third kappa shape index (κ3) is 2.46. The lowest BCUT2D eigenvalue weighted by molar-refractivity contribution is 0.406. The Morgan fingerprint density at radius 1 is 1.06 bits per heavy atom. The molecule has 1 aromatic carbocycles. The van der Waals surface area contributed by atoms with Gasteiger partial charge >= 0.3 is 0 Å². The van der Waals surface area contributed by atoms with E-state index in [2.05, 4.69) is 62.0 Å². The summed E-state index contributed by atoms with van der Waals surface area (Å²) in [5.74, 6) is 0. The fourth-order valence-corrected chi connectivity index (χ4v) is 2.67. The van der Waals surface area contributed by atoms with Crippen LogP contribution in [-0.4, -0.2) is 18.1 Å². The quantitative estimate of drug-likeness (QED) is 0.783. The van der Waals surface area contributed by atoms with Crippen molar-refractivity contribution >= 4 is 5.69 Å². The normalized spacial score (nSPS) is 14.8. The van der Waals surface area contributed by atoms with Gasteiger partial charge in [0.15, 0.2) is 0 Å². The Morgan fingerprint density at radius 2 is 1.71 bits per heavy atom. The van der Waals surface area contributed by atoms with E-state index in [1.165, 1.54) is 28.8 Å². The van der Waals surface area contributed by atoms with E-state index < -0.39 is 0 Å². The summed E-state index contributed by atoms with van der Waals surface area (Å²) >= 11 is 0. The molecule has 17 heavy (non-hydrogen) atoms. The van der Waals surface area contributed by atoms with Gasteiger partial charge in [-0.25, -0.2) is 0 Å². The van der Waals surface area contributed by atoms with Gasteiger partial charge in [-0.1, -0.05) is 24.6 Å². The van der Waals surface area contributed by atoms with Crippen molar-refractivity contribution in [2.24, 2.45) is 0 Å². The third-order valence-electron chi connectivity index (χ3n) is 3.22. The van der Waals surface area contributed by atoms with Crippen molar-refractivity contribution in [2.75, 3.05) is 18.1 Å². The Labute approximate surface area is 105 Å². The first-order valence-corrected chi connectivity index (χ1v) is 6.38. The van der Waals surface area contributed by atoms with E-state index in [-0.39, 0.29) is 0 Å². The van der Waals surface area contributed by atoms with Gasteiger partial charge in [0.25, 0.3) is 0 Å². The van der Waals surface area contributed by atoms with Crippen molar-refractivity contribution in [1.29, 1.82) is 0 Å². The highest BCUT2D eigenvalue weighted by Gasteiger charge is 2.16. The molecule has 0 aliphatic carbocycles. The number of benzene rings is 1. The lowest BCUT2D eigenvalue weighted by Gasteiger charge is -2.24. The van der Waals surface area contributed by atoms with Crippen LogP contribution in [0.5, 0.6) is 0 Å². The van der Waals surface area contributed by atoms with Crippen LogP contribution >= 0.6 is 0 Å². The fourth-order valence-electron chi connectivity index (χ4n) is 2.67. The molecule has 0 saturated carbocycles. The van der Waals surface area contributed by atoms with Crippen molar-refractivity contribution < 1.29 is 0 Å². The number of aryl methyl sites for hydroxylation is 3. The summed E-state index contributed by atoms with van der Waals surface area (Å²) in [5, 5.41) is 0. The van der Waals surface area contributed by atoms with Crippen LogP contribution in [-0.2, 0) is 0 Å². The minimum atomic E-state index is 0.985. The highest BCUT2D eigenvalue weighted by Crippen LogP contribution is 2.28. The number of anilines is 1. The average molecular weight is 230 g/mol. The molecule has 1 heterocycles. The minimum Gasteiger partial charge on any atom is -0.358 e. The molecule has 1 aliphatic rings. The topological polar surface area (TPSA) is 6.48 Å². The standard InChI is InChI=1S/C15H22N2/c1-5-6-16-7-8-17(11-16)15-13(3)9-12(2)10-14(15)4/h7-10H,5-6,11H2,1-4H3. The molecule has 0 spiro atoms. The van der Waals surface area contributed by atoms with E-state index in [1.54, 1.807) is 0 Å². The monoisotopic (exact) mass is 230 g/mol. The zero-order chi connectivity index (χ0) is 12.4. The molecule has 0 radical (unpaired) electrons. The Kier molecular flexibility index (Phi) is 3.41. The van der Waals surface area contributed by atoms with Crippen molar-refractivity contribution in [1.82, 2.24) is 4.90 Å². The molecule has 0 atom stereocenters. The zero-order valence-corrected chi connectivity index (χ0v) is 11.3. The second kappa shape index (κ2) is 4.82. The van der Waals surface area contributed by atoms with Gasteiger partial charge in [-0.3, -0.25) is 0 Å². The van der Waals surface area contributed by atoms with Crippen molar-refractivity contribution in [3.8, 4) is 0 Å². The summed E-state index contributed by atoms with van der Waals surface area (Å²) in [6, 6.07) is 4.53. The molecule has 0 aromatic heterocycles. The van der Waals surface area contributed by atoms with Gasteiger partial charge < -0.3 is 9.80 Å². The summed E-state index contributed by atoms with van der Waals surface area (Å²) in [5.41, 5.74) is 5.44. The molecule has 2 rings (SSSR count). The van der Waals surface area contributed by atoms with Crippen molar-refractivity contribution in [3.63, 3.8) is 0 Å². The Morgan fingerprint density at radius 3 is 2.29 bits per heavy atom. The molecule has 0 bridgehead atoms. The average Bonchev–Trinajstić information content (AvgIpc) is 2.65. The van der Waals surface area contributed by atoms with Crippen LogP contribution in [0.15, 0.2) is 24.5 Å². The maximum absolute atomic E-state index is 2.36. The molecule has 0 saturated heterocycles. The summed E-state index contributed by atoms with van der Waals surface area (Å²) in [4.78, 5) is 4.71.